The first-order valence-electron chi connectivity index (χ1n) is 10.4. The van der Waals surface area contributed by atoms with Crippen molar-refractivity contribution in [1.82, 2.24) is 15.0 Å². The number of nitrogens with zero attached hydrogens (tertiary/aromatic N) is 3. The second kappa shape index (κ2) is 8.88. The van der Waals surface area contributed by atoms with Gasteiger partial charge in [-0.1, -0.05) is 30.3 Å². The molecule has 0 radical (unpaired) electrons. The van der Waals surface area contributed by atoms with E-state index < -0.39 is 6.04 Å². The average molecular weight is 458 g/mol. The van der Waals surface area contributed by atoms with Gasteiger partial charge in [0.05, 0.1) is 22.0 Å². The number of rotatable bonds is 6. The summed E-state index contributed by atoms with van der Waals surface area (Å²) in [6.07, 6.45) is 4.18. The molecule has 5 aromatic rings. The number of aryl methyl sites for hydroxylation is 1. The summed E-state index contributed by atoms with van der Waals surface area (Å²) in [4.78, 5) is 15.2. The largest absolute Gasteiger partial charge is 0.326 e. The van der Waals surface area contributed by atoms with Crippen LogP contribution in [0.2, 0.25) is 0 Å². The molecule has 32 heavy (non-hydrogen) atoms. The summed E-state index contributed by atoms with van der Waals surface area (Å²) in [5.74, 6) is 0.644. The fourth-order valence-electron chi connectivity index (χ4n) is 3.76. The Hall–Kier alpha value is -2.97. The second-order valence-electron chi connectivity index (χ2n) is 7.86. The highest BCUT2D eigenvalue weighted by Gasteiger charge is 2.24. The van der Waals surface area contributed by atoms with Gasteiger partial charge < -0.3 is 11.5 Å². The Kier molecular flexibility index (Phi) is 5.80. The van der Waals surface area contributed by atoms with Crippen LogP contribution in [-0.4, -0.2) is 21.0 Å². The van der Waals surface area contributed by atoms with E-state index in [9.17, 15) is 0 Å². The van der Waals surface area contributed by atoms with Crippen molar-refractivity contribution in [3.05, 3.63) is 88.5 Å². The van der Waals surface area contributed by atoms with Crippen molar-refractivity contribution < 1.29 is 0 Å². The van der Waals surface area contributed by atoms with Crippen molar-refractivity contribution >= 4 is 32.9 Å². The van der Waals surface area contributed by atoms with Gasteiger partial charge in [-0.3, -0.25) is 4.98 Å². The third-order valence-electron chi connectivity index (χ3n) is 5.47. The third kappa shape index (κ3) is 4.08. The number of hydrogen-bond donors (Lipinski definition) is 2. The minimum absolute atomic E-state index is 0.268. The standard InChI is InChI=1S/C25H23N5S2/c1-15-11-20(31-13-15)18-14-32-24-22(18)29-25(17-7-9-28-10-8-17)30-23(24)21(27)19(26)12-16-5-3-2-4-6-16/h2-11,13-14,19,21H,12,26-27H2,1H3. The van der Waals surface area contributed by atoms with Crippen LogP contribution in [0, 0.1) is 6.92 Å². The van der Waals surface area contributed by atoms with Gasteiger partial charge in [0.1, 0.15) is 0 Å². The Morgan fingerprint density at radius 2 is 1.72 bits per heavy atom. The topological polar surface area (TPSA) is 90.7 Å². The summed E-state index contributed by atoms with van der Waals surface area (Å²) in [6, 6.07) is 15.5. The SMILES string of the molecule is Cc1csc(-c2csc3c(C(N)C(N)Cc4ccccc4)nc(-c4ccncc4)nc23)c1. The first-order valence-corrected chi connectivity index (χ1v) is 12.2. The van der Waals surface area contributed by atoms with Gasteiger partial charge in [0.15, 0.2) is 5.82 Å². The molecule has 0 bridgehead atoms. The zero-order chi connectivity index (χ0) is 22.1. The molecule has 7 heteroatoms. The maximum Gasteiger partial charge on any atom is 0.160 e. The molecule has 5 rings (SSSR count). The zero-order valence-corrected chi connectivity index (χ0v) is 19.2. The van der Waals surface area contributed by atoms with E-state index in [1.54, 1.807) is 35.1 Å². The van der Waals surface area contributed by atoms with Gasteiger partial charge >= 0.3 is 0 Å². The van der Waals surface area contributed by atoms with E-state index in [2.05, 4.69) is 40.9 Å². The highest BCUT2D eigenvalue weighted by molar-refractivity contribution is 7.19. The van der Waals surface area contributed by atoms with Crippen LogP contribution in [0.25, 0.3) is 32.0 Å². The predicted octanol–water partition coefficient (Wildman–Crippen LogP) is 5.36. The van der Waals surface area contributed by atoms with Gasteiger partial charge in [-0.25, -0.2) is 9.97 Å². The Morgan fingerprint density at radius 3 is 2.44 bits per heavy atom. The Morgan fingerprint density at radius 1 is 0.938 bits per heavy atom. The Labute approximate surface area is 194 Å². The first-order chi connectivity index (χ1) is 15.6. The third-order valence-corrected chi connectivity index (χ3v) is 7.54. The molecule has 0 fully saturated rings. The van der Waals surface area contributed by atoms with Crippen LogP contribution in [0.4, 0.5) is 0 Å². The normalized spacial score (nSPS) is 13.3. The van der Waals surface area contributed by atoms with E-state index in [0.717, 1.165) is 32.6 Å². The molecular formula is C25H23N5S2. The van der Waals surface area contributed by atoms with Crippen LogP contribution >= 0.6 is 22.7 Å². The summed E-state index contributed by atoms with van der Waals surface area (Å²) >= 11 is 3.36. The molecule has 4 aromatic heterocycles. The molecule has 2 unspecified atom stereocenters. The number of nitrogens with two attached hydrogens (primary N) is 2. The molecule has 0 amide bonds. The lowest BCUT2D eigenvalue weighted by molar-refractivity contribution is 0.537. The highest BCUT2D eigenvalue weighted by atomic mass is 32.1. The minimum atomic E-state index is -0.419. The summed E-state index contributed by atoms with van der Waals surface area (Å²) in [6.45, 7) is 2.11. The van der Waals surface area contributed by atoms with Crippen molar-refractivity contribution in [2.75, 3.05) is 0 Å². The molecule has 4 N–H and O–H groups in total. The lowest BCUT2D eigenvalue weighted by Crippen LogP contribution is -2.36. The van der Waals surface area contributed by atoms with E-state index in [-0.39, 0.29) is 6.04 Å². The fraction of sp³-hybridized carbons (Fsp3) is 0.160. The van der Waals surface area contributed by atoms with E-state index >= 15 is 0 Å². The summed E-state index contributed by atoms with van der Waals surface area (Å²) in [5.41, 5.74) is 19.5. The molecule has 0 aliphatic rings. The summed E-state index contributed by atoms with van der Waals surface area (Å²) in [5, 5.41) is 4.31. The number of thiophene rings is 2. The number of hydrogen-bond acceptors (Lipinski definition) is 7. The maximum absolute atomic E-state index is 6.73. The molecule has 1 aromatic carbocycles. The molecule has 4 heterocycles. The maximum atomic E-state index is 6.73. The molecule has 0 aliphatic carbocycles. The van der Waals surface area contributed by atoms with E-state index in [1.165, 1.54) is 10.4 Å². The number of fused-ring (bicyclic) bond motifs is 1. The number of pyridine rings is 1. The zero-order valence-electron chi connectivity index (χ0n) is 17.6. The van der Waals surface area contributed by atoms with E-state index in [0.29, 0.717) is 12.2 Å². The monoisotopic (exact) mass is 457 g/mol. The molecule has 0 saturated heterocycles. The fourth-order valence-corrected chi connectivity index (χ4v) is 5.80. The van der Waals surface area contributed by atoms with Crippen molar-refractivity contribution in [3.63, 3.8) is 0 Å². The quantitative estimate of drug-likeness (QED) is 0.358. The van der Waals surface area contributed by atoms with Crippen LogP contribution < -0.4 is 11.5 Å². The van der Waals surface area contributed by atoms with Crippen LogP contribution in [0.15, 0.2) is 71.7 Å². The average Bonchev–Trinajstić information content (AvgIpc) is 3.45. The van der Waals surface area contributed by atoms with Crippen LogP contribution in [0.5, 0.6) is 0 Å². The molecule has 5 nitrogen and oxygen atoms in total. The van der Waals surface area contributed by atoms with E-state index in [1.807, 2.05) is 30.3 Å². The van der Waals surface area contributed by atoms with Crippen molar-refractivity contribution in [3.8, 4) is 21.8 Å². The Balaban J connectivity index is 1.63. The predicted molar refractivity (Wildman–Crippen MR) is 134 cm³/mol. The number of benzene rings is 1. The molecule has 0 spiro atoms. The van der Waals surface area contributed by atoms with Crippen molar-refractivity contribution in [1.29, 1.82) is 0 Å². The molecular weight excluding hydrogens is 434 g/mol. The molecule has 2 atom stereocenters. The lowest BCUT2D eigenvalue weighted by Gasteiger charge is -2.21. The van der Waals surface area contributed by atoms with Gasteiger partial charge in [-0.15, -0.1) is 22.7 Å². The van der Waals surface area contributed by atoms with Crippen LogP contribution in [-0.2, 0) is 6.42 Å². The Bertz CT molecular complexity index is 1350. The van der Waals surface area contributed by atoms with E-state index in [4.69, 9.17) is 21.4 Å². The lowest BCUT2D eigenvalue weighted by atomic mass is 9.98. The summed E-state index contributed by atoms with van der Waals surface area (Å²) in [7, 11) is 0. The second-order valence-corrected chi connectivity index (χ2v) is 9.65. The number of aromatic nitrogens is 3. The van der Waals surface area contributed by atoms with Gasteiger partial charge in [0.2, 0.25) is 0 Å². The van der Waals surface area contributed by atoms with Crippen molar-refractivity contribution in [2.24, 2.45) is 11.5 Å². The highest BCUT2D eigenvalue weighted by Crippen LogP contribution is 2.39. The molecule has 160 valence electrons. The van der Waals surface area contributed by atoms with Gasteiger partial charge in [0.25, 0.3) is 0 Å². The molecule has 0 aliphatic heterocycles. The van der Waals surface area contributed by atoms with Gasteiger partial charge in [-0.2, -0.15) is 0 Å². The minimum Gasteiger partial charge on any atom is -0.326 e. The summed E-state index contributed by atoms with van der Waals surface area (Å²) < 4.78 is 1.000. The first kappa shape index (κ1) is 20.9. The van der Waals surface area contributed by atoms with Crippen molar-refractivity contribution in [2.45, 2.75) is 25.4 Å². The molecule has 0 saturated carbocycles. The van der Waals surface area contributed by atoms with Crippen LogP contribution in [0.1, 0.15) is 22.9 Å². The van der Waals surface area contributed by atoms with Gasteiger partial charge in [-0.05, 0) is 48.1 Å². The smallest absolute Gasteiger partial charge is 0.160 e. The van der Waals surface area contributed by atoms with Gasteiger partial charge in [0, 0.05) is 39.8 Å². The van der Waals surface area contributed by atoms with Crippen LogP contribution in [0.3, 0.4) is 0 Å².